The molecule has 1 N–H and O–H groups in total. The Morgan fingerprint density at radius 3 is 2.57 bits per heavy atom. The van der Waals surface area contributed by atoms with E-state index in [1.807, 2.05) is 36.2 Å². The van der Waals surface area contributed by atoms with Crippen LogP contribution in [0.3, 0.4) is 0 Å². The number of methoxy groups -OCH3 is 2. The molecule has 0 amide bonds. The molecule has 5 rings (SSSR count). The third-order valence-corrected chi connectivity index (χ3v) is 5.84. The summed E-state index contributed by atoms with van der Waals surface area (Å²) >= 11 is 0. The number of carbonyl (C=O) groups excluding carboxylic acids is 1. The van der Waals surface area contributed by atoms with Gasteiger partial charge in [-0.25, -0.2) is 4.79 Å². The molecule has 8 nitrogen and oxygen atoms in total. The highest BCUT2D eigenvalue weighted by Gasteiger charge is 2.42. The average molecular weight is 411 g/mol. The van der Waals surface area contributed by atoms with E-state index in [9.17, 15) is 9.90 Å². The predicted octanol–water partition coefficient (Wildman–Crippen LogP) is 2.32. The highest BCUT2D eigenvalue weighted by Crippen LogP contribution is 2.51. The van der Waals surface area contributed by atoms with Crippen molar-refractivity contribution in [1.82, 2.24) is 0 Å². The van der Waals surface area contributed by atoms with E-state index >= 15 is 0 Å². The fourth-order valence-electron chi connectivity index (χ4n) is 4.44. The first-order chi connectivity index (χ1) is 14.6. The quantitative estimate of drug-likeness (QED) is 0.768. The molecule has 3 aliphatic rings. The molecule has 0 saturated heterocycles. The zero-order valence-corrected chi connectivity index (χ0v) is 16.9. The van der Waals surface area contributed by atoms with E-state index in [4.69, 9.17) is 23.7 Å². The fourth-order valence-corrected chi connectivity index (χ4v) is 4.44. The Labute approximate surface area is 173 Å². The molecular weight excluding hydrogens is 390 g/mol. The summed E-state index contributed by atoms with van der Waals surface area (Å²) in [6.45, 7) is 0.131. The lowest BCUT2D eigenvalue weighted by Crippen LogP contribution is -2.27. The van der Waals surface area contributed by atoms with Crippen molar-refractivity contribution < 1.29 is 33.6 Å². The van der Waals surface area contributed by atoms with Crippen LogP contribution in [0.25, 0.3) is 0 Å². The summed E-state index contributed by atoms with van der Waals surface area (Å²) < 4.78 is 27.5. The molecule has 0 bridgehead atoms. The van der Waals surface area contributed by atoms with E-state index in [1.54, 1.807) is 0 Å². The van der Waals surface area contributed by atoms with Crippen LogP contribution < -0.4 is 23.8 Å². The van der Waals surface area contributed by atoms with Crippen LogP contribution in [-0.4, -0.2) is 45.7 Å². The summed E-state index contributed by atoms with van der Waals surface area (Å²) in [5.41, 5.74) is 4.52. The lowest BCUT2D eigenvalue weighted by atomic mass is 9.80. The van der Waals surface area contributed by atoms with Gasteiger partial charge in [0.05, 0.1) is 32.1 Å². The topological polar surface area (TPSA) is 86.7 Å². The lowest BCUT2D eigenvalue weighted by molar-refractivity contribution is -0.136. The van der Waals surface area contributed by atoms with Crippen LogP contribution in [0.4, 0.5) is 5.69 Å². The van der Waals surface area contributed by atoms with E-state index in [0.717, 1.165) is 22.5 Å². The molecule has 1 unspecified atom stereocenters. The summed E-state index contributed by atoms with van der Waals surface area (Å²) in [5.74, 6) is 1.47. The number of hydrogen-bond donors (Lipinski definition) is 1. The normalized spacial score (nSPS) is 18.9. The fraction of sp³-hybridized carbons (Fsp3) is 0.318. The number of aliphatic hydroxyl groups excluding tert-OH is 1. The summed E-state index contributed by atoms with van der Waals surface area (Å²) in [7, 11) is 4.97. The minimum absolute atomic E-state index is 0.160. The van der Waals surface area contributed by atoms with Gasteiger partial charge in [-0.15, -0.1) is 0 Å². The minimum atomic E-state index is -0.416. The van der Waals surface area contributed by atoms with Crippen molar-refractivity contribution in [2.75, 3.05) is 39.6 Å². The molecule has 1 atom stereocenters. The second-order valence-electron chi connectivity index (χ2n) is 7.27. The van der Waals surface area contributed by atoms with Crippen LogP contribution in [0.2, 0.25) is 0 Å². The summed E-state index contributed by atoms with van der Waals surface area (Å²) in [6.07, 6.45) is 0. The standard InChI is InChI=1S/C22H21NO7/c1-23-14-7-17-16(29-10-30-17)6-13(14)19(20-15(23)9-28-22(20)25)11-4-12(8-24)21(27-3)18(5-11)26-2/h4-7,19,24H,8-10H2,1-3H3. The second-order valence-corrected chi connectivity index (χ2v) is 7.27. The number of aliphatic hydroxyl groups is 1. The van der Waals surface area contributed by atoms with Crippen LogP contribution in [0.1, 0.15) is 22.6 Å². The lowest BCUT2D eigenvalue weighted by Gasteiger charge is -2.33. The highest BCUT2D eigenvalue weighted by molar-refractivity contribution is 5.97. The predicted molar refractivity (Wildman–Crippen MR) is 106 cm³/mol. The van der Waals surface area contributed by atoms with E-state index in [0.29, 0.717) is 34.1 Å². The summed E-state index contributed by atoms with van der Waals surface area (Å²) in [5, 5.41) is 9.91. The molecule has 2 aromatic carbocycles. The smallest absolute Gasteiger partial charge is 0.337 e. The highest BCUT2D eigenvalue weighted by atomic mass is 16.7. The Bertz CT molecular complexity index is 1070. The van der Waals surface area contributed by atoms with Crippen molar-refractivity contribution in [3.63, 3.8) is 0 Å². The molecule has 0 saturated carbocycles. The Morgan fingerprint density at radius 1 is 1.10 bits per heavy atom. The zero-order valence-electron chi connectivity index (χ0n) is 16.9. The molecular formula is C22H21NO7. The molecule has 156 valence electrons. The Kier molecular flexibility index (Phi) is 4.25. The van der Waals surface area contributed by atoms with E-state index in [-0.39, 0.29) is 26.0 Å². The van der Waals surface area contributed by atoms with Gasteiger partial charge >= 0.3 is 5.97 Å². The van der Waals surface area contributed by atoms with Crippen molar-refractivity contribution >= 4 is 11.7 Å². The van der Waals surface area contributed by atoms with Crippen LogP contribution in [0, 0.1) is 0 Å². The molecule has 3 heterocycles. The summed E-state index contributed by atoms with van der Waals surface area (Å²) in [4.78, 5) is 14.7. The van der Waals surface area contributed by atoms with E-state index in [2.05, 4.69) is 0 Å². The third-order valence-electron chi connectivity index (χ3n) is 5.84. The van der Waals surface area contributed by atoms with Gasteiger partial charge < -0.3 is 33.7 Å². The van der Waals surface area contributed by atoms with Crippen LogP contribution in [0.5, 0.6) is 23.0 Å². The molecule has 0 aromatic heterocycles. The molecule has 2 aromatic rings. The monoisotopic (exact) mass is 411 g/mol. The number of cyclic esters (lactones) is 1. The van der Waals surface area contributed by atoms with Gasteiger partial charge in [-0.05, 0) is 29.3 Å². The van der Waals surface area contributed by atoms with Crippen LogP contribution in [-0.2, 0) is 16.1 Å². The zero-order chi connectivity index (χ0) is 21.0. The van der Waals surface area contributed by atoms with Gasteiger partial charge in [0.25, 0.3) is 0 Å². The van der Waals surface area contributed by atoms with Crippen molar-refractivity contribution in [3.8, 4) is 23.0 Å². The Hall–Kier alpha value is -3.39. The number of benzene rings is 2. The number of anilines is 1. The van der Waals surface area contributed by atoms with Gasteiger partial charge in [0.2, 0.25) is 6.79 Å². The van der Waals surface area contributed by atoms with Gasteiger partial charge in [0.1, 0.15) is 6.61 Å². The molecule has 8 heteroatoms. The maximum Gasteiger partial charge on any atom is 0.337 e. The summed E-state index contributed by atoms with van der Waals surface area (Å²) in [6, 6.07) is 7.50. The molecule has 0 spiro atoms. The van der Waals surface area contributed by atoms with Gasteiger partial charge in [0, 0.05) is 30.3 Å². The number of nitrogens with zero attached hydrogens (tertiary/aromatic N) is 1. The van der Waals surface area contributed by atoms with Crippen LogP contribution >= 0.6 is 0 Å². The first-order valence-electron chi connectivity index (χ1n) is 9.50. The molecule has 0 radical (unpaired) electrons. The molecule has 0 aliphatic carbocycles. The first-order valence-corrected chi connectivity index (χ1v) is 9.50. The minimum Gasteiger partial charge on any atom is -0.493 e. The Morgan fingerprint density at radius 2 is 1.87 bits per heavy atom. The molecule has 30 heavy (non-hydrogen) atoms. The number of esters is 1. The van der Waals surface area contributed by atoms with E-state index in [1.165, 1.54) is 14.2 Å². The average Bonchev–Trinajstić information content (AvgIpc) is 3.38. The van der Waals surface area contributed by atoms with Crippen molar-refractivity contribution in [2.24, 2.45) is 0 Å². The number of carbonyl (C=O) groups is 1. The molecule has 3 aliphatic heterocycles. The maximum absolute atomic E-state index is 12.7. The number of likely N-dealkylation sites (N-methyl/N-ethyl adjacent to an activating group) is 1. The third kappa shape index (κ3) is 2.53. The van der Waals surface area contributed by atoms with Crippen molar-refractivity contribution in [3.05, 3.63) is 52.2 Å². The van der Waals surface area contributed by atoms with E-state index < -0.39 is 5.92 Å². The SMILES string of the molecule is COc1cc(C2C3=C(COC3=O)N(C)c3cc4c(cc32)OCO4)cc(CO)c1OC. The van der Waals surface area contributed by atoms with Gasteiger partial charge in [0.15, 0.2) is 23.0 Å². The van der Waals surface area contributed by atoms with Crippen molar-refractivity contribution in [2.45, 2.75) is 12.5 Å². The number of rotatable bonds is 4. The number of ether oxygens (including phenoxy) is 5. The molecule has 0 fully saturated rings. The first kappa shape index (κ1) is 18.6. The number of hydrogen-bond acceptors (Lipinski definition) is 8. The largest absolute Gasteiger partial charge is 0.493 e. The van der Waals surface area contributed by atoms with Gasteiger partial charge in [-0.1, -0.05) is 0 Å². The Balaban J connectivity index is 1.77. The van der Waals surface area contributed by atoms with Crippen LogP contribution in [0.15, 0.2) is 35.5 Å². The van der Waals surface area contributed by atoms with Gasteiger partial charge in [-0.3, -0.25) is 0 Å². The van der Waals surface area contributed by atoms with Crippen molar-refractivity contribution in [1.29, 1.82) is 0 Å². The second kappa shape index (κ2) is 6.84. The number of fused-ring (bicyclic) bond motifs is 2. The maximum atomic E-state index is 12.7. The van der Waals surface area contributed by atoms with Gasteiger partial charge in [-0.2, -0.15) is 0 Å².